The summed E-state index contributed by atoms with van der Waals surface area (Å²) in [6, 6.07) is 4.34. The van der Waals surface area contributed by atoms with Crippen molar-refractivity contribution in [2.24, 2.45) is 0 Å². The van der Waals surface area contributed by atoms with E-state index in [-0.39, 0.29) is 17.7 Å². The fraction of sp³-hybridized carbons (Fsp3) is 0.167. The minimum absolute atomic E-state index is 0.101. The van der Waals surface area contributed by atoms with Crippen LogP contribution in [0.2, 0.25) is 0 Å². The molecule has 0 unspecified atom stereocenters. The molecule has 0 atom stereocenters. The van der Waals surface area contributed by atoms with Gasteiger partial charge in [0.1, 0.15) is 23.3 Å². The number of hydrogen-bond donors (Lipinski definition) is 0. The summed E-state index contributed by atoms with van der Waals surface area (Å²) in [5.74, 6) is -2.24. The molecule has 0 saturated carbocycles. The van der Waals surface area contributed by atoms with Crippen LogP contribution in [0.1, 0.15) is 12.5 Å². The molecule has 0 aliphatic rings. The molecule has 5 heteroatoms. The third-order valence-corrected chi connectivity index (χ3v) is 1.87. The number of ether oxygens (including phenoxy) is 1. The normalized spacial score (nSPS) is 10.8. The van der Waals surface area contributed by atoms with Crippen molar-refractivity contribution < 1.29 is 18.3 Å². The zero-order valence-corrected chi connectivity index (χ0v) is 9.04. The molecular formula is C12H9F2NO2. The van der Waals surface area contributed by atoms with Crippen molar-refractivity contribution in [3.05, 3.63) is 41.0 Å². The first kappa shape index (κ1) is 12.8. The minimum atomic E-state index is -0.862. The van der Waals surface area contributed by atoms with Crippen molar-refractivity contribution in [1.82, 2.24) is 0 Å². The van der Waals surface area contributed by atoms with E-state index in [1.807, 2.05) is 0 Å². The quantitative estimate of drug-likeness (QED) is 0.461. The third-order valence-electron chi connectivity index (χ3n) is 1.87. The highest BCUT2D eigenvalue weighted by Crippen LogP contribution is 2.14. The lowest BCUT2D eigenvalue weighted by molar-refractivity contribution is -0.137. The number of nitrogens with zero attached hydrogens (tertiary/aromatic N) is 1. The van der Waals surface area contributed by atoms with Crippen LogP contribution in [0.3, 0.4) is 0 Å². The fourth-order valence-corrected chi connectivity index (χ4v) is 1.13. The van der Waals surface area contributed by atoms with E-state index in [0.29, 0.717) is 0 Å². The molecule has 0 aliphatic heterocycles. The van der Waals surface area contributed by atoms with E-state index in [2.05, 4.69) is 4.74 Å². The van der Waals surface area contributed by atoms with Crippen LogP contribution in [0.4, 0.5) is 8.78 Å². The van der Waals surface area contributed by atoms with E-state index < -0.39 is 17.6 Å². The van der Waals surface area contributed by atoms with E-state index >= 15 is 0 Å². The van der Waals surface area contributed by atoms with E-state index in [1.165, 1.54) is 0 Å². The Morgan fingerprint density at radius 1 is 1.53 bits per heavy atom. The van der Waals surface area contributed by atoms with Crippen LogP contribution in [-0.4, -0.2) is 12.6 Å². The molecule has 0 fully saturated rings. The van der Waals surface area contributed by atoms with Gasteiger partial charge in [-0.1, -0.05) is 0 Å². The van der Waals surface area contributed by atoms with Gasteiger partial charge in [0.25, 0.3) is 0 Å². The maximum absolute atomic E-state index is 13.2. The number of benzene rings is 1. The van der Waals surface area contributed by atoms with Crippen LogP contribution in [0, 0.1) is 23.0 Å². The zero-order chi connectivity index (χ0) is 12.8. The molecule has 0 radical (unpaired) electrons. The van der Waals surface area contributed by atoms with Gasteiger partial charge < -0.3 is 4.74 Å². The summed E-state index contributed by atoms with van der Waals surface area (Å²) < 4.78 is 30.7. The number of rotatable bonds is 3. The first-order valence-electron chi connectivity index (χ1n) is 4.82. The fourth-order valence-electron chi connectivity index (χ4n) is 1.13. The van der Waals surface area contributed by atoms with Crippen molar-refractivity contribution >= 4 is 12.0 Å². The van der Waals surface area contributed by atoms with E-state index in [4.69, 9.17) is 5.26 Å². The zero-order valence-electron chi connectivity index (χ0n) is 9.04. The van der Waals surface area contributed by atoms with Gasteiger partial charge in [0.05, 0.1) is 6.61 Å². The lowest BCUT2D eigenvalue weighted by Gasteiger charge is -2.01. The lowest BCUT2D eigenvalue weighted by atomic mass is 10.1. The van der Waals surface area contributed by atoms with Crippen LogP contribution in [-0.2, 0) is 9.53 Å². The molecule has 0 saturated heterocycles. The Labute approximate surface area is 96.9 Å². The van der Waals surface area contributed by atoms with Crippen molar-refractivity contribution in [2.45, 2.75) is 6.92 Å². The second-order valence-electron chi connectivity index (χ2n) is 3.06. The molecule has 0 bridgehead atoms. The first-order chi connectivity index (χ1) is 8.08. The summed E-state index contributed by atoms with van der Waals surface area (Å²) >= 11 is 0. The molecule has 0 N–H and O–H groups in total. The van der Waals surface area contributed by atoms with Gasteiger partial charge in [0.2, 0.25) is 0 Å². The Morgan fingerprint density at radius 3 is 2.82 bits per heavy atom. The van der Waals surface area contributed by atoms with Crippen molar-refractivity contribution in [1.29, 1.82) is 5.26 Å². The molecule has 1 aromatic carbocycles. The predicted octanol–water partition coefficient (Wildman–Crippen LogP) is 2.43. The van der Waals surface area contributed by atoms with Crippen molar-refractivity contribution in [3.63, 3.8) is 0 Å². The van der Waals surface area contributed by atoms with Crippen molar-refractivity contribution in [3.8, 4) is 6.07 Å². The number of nitriles is 1. The third kappa shape index (κ3) is 3.38. The van der Waals surface area contributed by atoms with Gasteiger partial charge in [-0.25, -0.2) is 13.6 Å². The molecule has 17 heavy (non-hydrogen) atoms. The standard InChI is InChI=1S/C12H9F2NO2/c1-2-17-12(16)9(7-15)5-8-6-10(13)3-4-11(8)14/h3-6H,2H2,1H3/b9-5+. The molecule has 1 aromatic rings. The van der Waals surface area contributed by atoms with Crippen molar-refractivity contribution in [2.75, 3.05) is 6.61 Å². The minimum Gasteiger partial charge on any atom is -0.462 e. The molecule has 0 aromatic heterocycles. The van der Waals surface area contributed by atoms with Gasteiger partial charge in [-0.3, -0.25) is 0 Å². The van der Waals surface area contributed by atoms with E-state index in [0.717, 1.165) is 24.3 Å². The highest BCUT2D eigenvalue weighted by atomic mass is 19.1. The van der Waals surface area contributed by atoms with E-state index in [9.17, 15) is 13.6 Å². The van der Waals surface area contributed by atoms with Gasteiger partial charge in [-0.15, -0.1) is 0 Å². The Balaban J connectivity index is 3.11. The van der Waals surface area contributed by atoms with Gasteiger partial charge in [-0.2, -0.15) is 5.26 Å². The lowest BCUT2D eigenvalue weighted by Crippen LogP contribution is -2.06. The number of esters is 1. The number of carbonyl (C=O) groups excluding carboxylic acids is 1. The summed E-state index contributed by atoms with van der Waals surface area (Å²) in [5.41, 5.74) is -0.550. The van der Waals surface area contributed by atoms with Crippen LogP contribution in [0.15, 0.2) is 23.8 Å². The molecule has 88 valence electrons. The monoisotopic (exact) mass is 237 g/mol. The molecular weight excluding hydrogens is 228 g/mol. The highest BCUT2D eigenvalue weighted by molar-refractivity contribution is 5.97. The highest BCUT2D eigenvalue weighted by Gasteiger charge is 2.11. The smallest absolute Gasteiger partial charge is 0.348 e. The SMILES string of the molecule is CCOC(=O)/C(C#N)=C/c1cc(F)ccc1F. The second kappa shape index (κ2) is 5.75. The van der Waals surface area contributed by atoms with Crippen LogP contribution < -0.4 is 0 Å². The average molecular weight is 237 g/mol. The van der Waals surface area contributed by atoms with Gasteiger partial charge in [-0.05, 0) is 31.2 Å². The summed E-state index contributed by atoms with van der Waals surface area (Å²) in [6.07, 6.45) is 0.955. The van der Waals surface area contributed by atoms with Crippen LogP contribution in [0.25, 0.3) is 6.08 Å². The maximum Gasteiger partial charge on any atom is 0.348 e. The summed E-state index contributed by atoms with van der Waals surface area (Å²) in [5, 5.41) is 8.71. The Kier molecular flexibility index (Phi) is 4.35. The molecule has 3 nitrogen and oxygen atoms in total. The summed E-state index contributed by atoms with van der Waals surface area (Å²) in [6.45, 7) is 1.68. The van der Waals surface area contributed by atoms with E-state index in [1.54, 1.807) is 13.0 Å². The Morgan fingerprint density at radius 2 is 2.24 bits per heavy atom. The molecule has 1 rings (SSSR count). The second-order valence-corrected chi connectivity index (χ2v) is 3.06. The Hall–Kier alpha value is -2.22. The topological polar surface area (TPSA) is 50.1 Å². The van der Waals surface area contributed by atoms with Gasteiger partial charge in [0, 0.05) is 5.56 Å². The summed E-state index contributed by atoms with van der Waals surface area (Å²) in [4.78, 5) is 11.2. The van der Waals surface area contributed by atoms with Crippen LogP contribution >= 0.6 is 0 Å². The van der Waals surface area contributed by atoms with Gasteiger partial charge in [0.15, 0.2) is 0 Å². The van der Waals surface area contributed by atoms with Crippen LogP contribution in [0.5, 0.6) is 0 Å². The molecule has 0 aliphatic carbocycles. The first-order valence-corrected chi connectivity index (χ1v) is 4.82. The molecule has 0 spiro atoms. The summed E-state index contributed by atoms with van der Waals surface area (Å²) in [7, 11) is 0. The molecule has 0 amide bonds. The average Bonchev–Trinajstić information content (AvgIpc) is 2.30. The van der Waals surface area contributed by atoms with Gasteiger partial charge >= 0.3 is 5.97 Å². The predicted molar refractivity (Wildman–Crippen MR) is 56.6 cm³/mol. The number of carbonyl (C=O) groups is 1. The number of halogens is 2. The number of hydrogen-bond acceptors (Lipinski definition) is 3. The Bertz CT molecular complexity index is 504. The largest absolute Gasteiger partial charge is 0.462 e. The maximum atomic E-state index is 13.2. The molecule has 0 heterocycles.